The van der Waals surface area contributed by atoms with Crippen LogP contribution in [-0.4, -0.2) is 17.1 Å². The molecule has 0 aliphatic heterocycles. The van der Waals surface area contributed by atoms with Gasteiger partial charge in [0, 0.05) is 11.3 Å². The van der Waals surface area contributed by atoms with Crippen molar-refractivity contribution >= 4 is 12.7 Å². The zero-order valence-electron chi connectivity index (χ0n) is 6.61. The maximum absolute atomic E-state index is 10.4. The number of hydrogen-bond acceptors (Lipinski definition) is 3. The van der Waals surface area contributed by atoms with Gasteiger partial charge in [-0.3, -0.25) is 4.98 Å². The fraction of sp³-hybridized carbons (Fsp3) is 0.167. The summed E-state index contributed by atoms with van der Waals surface area (Å²) in [6, 6.07) is 4.97. The van der Waals surface area contributed by atoms with Crippen LogP contribution < -0.4 is 29.5 Å². The Hall–Kier alpha value is -0.268. The van der Waals surface area contributed by atoms with E-state index in [0.29, 0.717) is 0 Å². The van der Waals surface area contributed by atoms with Crippen molar-refractivity contribution in [1.29, 1.82) is 0 Å². The molecule has 0 amide bonds. The third kappa shape index (κ3) is 3.09. The Kier molecular flexibility index (Phi) is 4.47. The van der Waals surface area contributed by atoms with E-state index in [1.807, 2.05) is 0 Å². The number of hydrogen-bond donors (Lipinski definition) is 1. The van der Waals surface area contributed by atoms with Crippen LogP contribution in [0.3, 0.4) is 0 Å². The molecule has 0 aromatic carbocycles. The van der Waals surface area contributed by atoms with Crippen molar-refractivity contribution in [2.24, 2.45) is 0 Å². The molecule has 11 heavy (non-hydrogen) atoms. The van der Waals surface area contributed by atoms with Crippen molar-refractivity contribution in [3.05, 3.63) is 23.9 Å². The van der Waals surface area contributed by atoms with Crippen LogP contribution in [0.15, 0.2) is 18.2 Å². The van der Waals surface area contributed by atoms with Crippen LogP contribution >= 0.6 is 0 Å². The van der Waals surface area contributed by atoms with Crippen LogP contribution in [0.4, 0.5) is 0 Å². The van der Waals surface area contributed by atoms with Crippen molar-refractivity contribution in [1.82, 2.24) is 4.98 Å². The molecular weight excluding hydrogens is 136 g/mol. The Morgan fingerprint density at radius 3 is 2.55 bits per heavy atom. The number of aromatic nitrogens is 1. The molecule has 0 unspecified atom stereocenters. The average molecular weight is 143 g/mol. The van der Waals surface area contributed by atoms with Gasteiger partial charge >= 0.3 is 18.9 Å². The van der Waals surface area contributed by atoms with E-state index < -0.39 is 7.12 Å². The van der Waals surface area contributed by atoms with Crippen LogP contribution in [0.5, 0.6) is 0 Å². The molecule has 0 spiro atoms. The van der Waals surface area contributed by atoms with Crippen molar-refractivity contribution in [2.75, 3.05) is 0 Å². The van der Waals surface area contributed by atoms with Crippen LogP contribution in [-0.2, 0) is 0 Å². The third-order valence-electron chi connectivity index (χ3n) is 1.16. The molecule has 0 fully saturated rings. The predicted molar refractivity (Wildman–Crippen MR) is 36.6 cm³/mol. The summed E-state index contributed by atoms with van der Waals surface area (Å²) in [4.78, 5) is 3.81. The molecule has 0 aliphatic rings. The Bertz CT molecular complexity index is 232. The third-order valence-corrected chi connectivity index (χ3v) is 1.16. The van der Waals surface area contributed by atoms with Gasteiger partial charge in [0.25, 0.3) is 0 Å². The number of aryl methyl sites for hydroxylation is 1. The van der Waals surface area contributed by atoms with E-state index in [4.69, 9.17) is 5.02 Å². The van der Waals surface area contributed by atoms with Crippen molar-refractivity contribution < 1.29 is 28.9 Å². The second-order valence-corrected chi connectivity index (χ2v) is 2.06. The van der Waals surface area contributed by atoms with Crippen LogP contribution in [0, 0.1) is 6.92 Å². The summed E-state index contributed by atoms with van der Waals surface area (Å²) in [6.07, 6.45) is 0. The van der Waals surface area contributed by atoms with Gasteiger partial charge in [0.15, 0.2) is 0 Å². The van der Waals surface area contributed by atoms with E-state index in [0.717, 1.165) is 5.69 Å². The van der Waals surface area contributed by atoms with Crippen molar-refractivity contribution in [3.8, 4) is 0 Å². The standard InChI is InChI=1S/C6H7BNO2.Li/c1-5-3-2-4-6(8-5)7(9)10;/h2-4,9H,1H3;/q-1;+1. The van der Waals surface area contributed by atoms with E-state index in [-0.39, 0.29) is 24.5 Å². The first-order chi connectivity index (χ1) is 4.70. The van der Waals surface area contributed by atoms with E-state index in [1.54, 1.807) is 19.1 Å². The summed E-state index contributed by atoms with van der Waals surface area (Å²) in [7, 11) is -1.71. The van der Waals surface area contributed by atoms with Gasteiger partial charge in [0.2, 0.25) is 7.12 Å². The van der Waals surface area contributed by atoms with E-state index in [2.05, 4.69) is 4.98 Å². The predicted octanol–water partition coefficient (Wildman–Crippen LogP) is -4.56. The number of pyridine rings is 1. The normalized spacial score (nSPS) is 8.64. The zero-order chi connectivity index (χ0) is 7.56. The Morgan fingerprint density at radius 2 is 2.18 bits per heavy atom. The van der Waals surface area contributed by atoms with Gasteiger partial charge in [-0.05, 0) is 19.1 Å². The molecule has 0 radical (unpaired) electrons. The first-order valence-corrected chi connectivity index (χ1v) is 2.97. The van der Waals surface area contributed by atoms with Gasteiger partial charge in [-0.15, -0.1) is 0 Å². The van der Waals surface area contributed by atoms with Gasteiger partial charge in [-0.1, -0.05) is 6.07 Å². The first kappa shape index (κ1) is 10.7. The molecule has 0 saturated heterocycles. The number of rotatable bonds is 1. The van der Waals surface area contributed by atoms with E-state index >= 15 is 0 Å². The summed E-state index contributed by atoms with van der Waals surface area (Å²) in [5.41, 5.74) is 0.924. The monoisotopic (exact) mass is 143 g/mol. The second kappa shape index (κ2) is 4.58. The summed E-state index contributed by atoms with van der Waals surface area (Å²) in [6.45, 7) is 1.77. The Morgan fingerprint density at radius 1 is 1.55 bits per heavy atom. The van der Waals surface area contributed by atoms with Crippen LogP contribution in [0.1, 0.15) is 5.69 Å². The summed E-state index contributed by atoms with van der Waals surface area (Å²) in [5, 5.41) is 18.9. The fourth-order valence-corrected chi connectivity index (χ4v) is 0.702. The average Bonchev–Trinajstić information content (AvgIpc) is 1.88. The molecule has 1 aromatic heterocycles. The van der Waals surface area contributed by atoms with Gasteiger partial charge in [-0.2, -0.15) is 0 Å². The summed E-state index contributed by atoms with van der Waals surface area (Å²) >= 11 is 0. The largest absolute Gasteiger partial charge is 1.00 e. The maximum Gasteiger partial charge on any atom is 1.00 e. The van der Waals surface area contributed by atoms with Crippen molar-refractivity contribution in [3.63, 3.8) is 0 Å². The SMILES string of the molecule is Cc1cccc(B([O-])O)n1.[Li+]. The van der Waals surface area contributed by atoms with E-state index in [1.165, 1.54) is 6.07 Å². The topological polar surface area (TPSA) is 56.2 Å². The Balaban J connectivity index is 0.000001000. The minimum Gasteiger partial charge on any atom is -0.852 e. The molecule has 52 valence electrons. The first-order valence-electron chi connectivity index (χ1n) is 2.97. The molecule has 0 saturated carbocycles. The Labute approximate surface area is 77.8 Å². The molecular formula is C6H7BLiNO2. The molecule has 1 heterocycles. The van der Waals surface area contributed by atoms with Gasteiger partial charge in [0.05, 0.1) is 0 Å². The van der Waals surface area contributed by atoms with Gasteiger partial charge in [-0.25, -0.2) is 0 Å². The number of nitrogens with zero attached hydrogens (tertiary/aromatic N) is 1. The molecule has 0 bridgehead atoms. The van der Waals surface area contributed by atoms with Gasteiger partial charge in [0.1, 0.15) is 0 Å². The quantitative estimate of drug-likeness (QED) is 0.402. The minimum atomic E-state index is -1.71. The maximum atomic E-state index is 10.4. The fourth-order valence-electron chi connectivity index (χ4n) is 0.702. The van der Waals surface area contributed by atoms with Crippen LogP contribution in [0.2, 0.25) is 0 Å². The summed E-state index contributed by atoms with van der Waals surface area (Å²) < 4.78 is 0. The van der Waals surface area contributed by atoms with E-state index in [9.17, 15) is 5.02 Å². The van der Waals surface area contributed by atoms with Crippen LogP contribution in [0.25, 0.3) is 0 Å². The summed E-state index contributed by atoms with van der Waals surface area (Å²) in [5.74, 6) is 0. The molecule has 5 heteroatoms. The molecule has 1 aromatic rings. The smallest absolute Gasteiger partial charge is 0.852 e. The molecule has 0 atom stereocenters. The molecule has 3 nitrogen and oxygen atoms in total. The zero-order valence-corrected chi connectivity index (χ0v) is 6.61. The van der Waals surface area contributed by atoms with Crippen molar-refractivity contribution in [2.45, 2.75) is 6.92 Å². The minimum absolute atomic E-state index is 0. The molecule has 1 N–H and O–H groups in total. The van der Waals surface area contributed by atoms with Gasteiger partial charge < -0.3 is 10.0 Å². The molecule has 0 aliphatic carbocycles. The molecule has 1 rings (SSSR count). The second-order valence-electron chi connectivity index (χ2n) is 2.06.